The summed E-state index contributed by atoms with van der Waals surface area (Å²) in [5.74, 6) is -0.861. The van der Waals surface area contributed by atoms with Crippen molar-refractivity contribution in [3.63, 3.8) is 0 Å². The average Bonchev–Trinajstić information content (AvgIpc) is 2.59. The molecule has 5 heteroatoms. The van der Waals surface area contributed by atoms with Crippen LogP contribution in [-0.4, -0.2) is 25.0 Å². The fourth-order valence-corrected chi connectivity index (χ4v) is 2.45. The van der Waals surface area contributed by atoms with Crippen molar-refractivity contribution in [1.82, 2.24) is 5.32 Å². The zero-order chi connectivity index (χ0) is 16.7. The van der Waals surface area contributed by atoms with Gasteiger partial charge < -0.3 is 10.1 Å². The van der Waals surface area contributed by atoms with Gasteiger partial charge in [-0.15, -0.1) is 0 Å². The Kier molecular flexibility index (Phi) is 6.18. The van der Waals surface area contributed by atoms with Crippen LogP contribution in [0.15, 0.2) is 54.6 Å². The lowest BCUT2D eigenvalue weighted by atomic mass is 10.0. The Balaban J connectivity index is 2.05. The predicted molar refractivity (Wildman–Crippen MR) is 89.5 cm³/mol. The topological polar surface area (TPSA) is 55.4 Å². The highest BCUT2D eigenvalue weighted by molar-refractivity contribution is 6.33. The van der Waals surface area contributed by atoms with E-state index in [0.29, 0.717) is 23.4 Å². The summed E-state index contributed by atoms with van der Waals surface area (Å²) in [5.41, 5.74) is 1.43. The first-order valence-electron chi connectivity index (χ1n) is 7.29. The molecule has 4 nitrogen and oxygen atoms in total. The maximum absolute atomic E-state index is 12.3. The number of hydrogen-bond acceptors (Lipinski definition) is 3. The van der Waals surface area contributed by atoms with Crippen molar-refractivity contribution in [2.24, 2.45) is 0 Å². The normalized spacial score (nSPS) is 11.6. The van der Waals surface area contributed by atoms with Gasteiger partial charge in [0.25, 0.3) is 5.91 Å². The number of esters is 1. The summed E-state index contributed by atoms with van der Waals surface area (Å²) in [7, 11) is 1.31. The van der Waals surface area contributed by atoms with Gasteiger partial charge in [0.05, 0.1) is 17.7 Å². The Labute approximate surface area is 140 Å². The van der Waals surface area contributed by atoms with E-state index in [-0.39, 0.29) is 5.91 Å². The number of ether oxygens (including phenoxy) is 1. The second-order valence-corrected chi connectivity index (χ2v) is 5.46. The van der Waals surface area contributed by atoms with Crippen LogP contribution in [0.3, 0.4) is 0 Å². The van der Waals surface area contributed by atoms with E-state index in [1.807, 2.05) is 30.3 Å². The summed E-state index contributed by atoms with van der Waals surface area (Å²) in [6.07, 6.45) is 1.11. The first-order valence-corrected chi connectivity index (χ1v) is 7.66. The molecule has 2 aromatic carbocycles. The molecular formula is C18H18ClNO3. The van der Waals surface area contributed by atoms with Crippen molar-refractivity contribution >= 4 is 23.5 Å². The molecule has 0 aliphatic heterocycles. The van der Waals surface area contributed by atoms with E-state index in [1.165, 1.54) is 7.11 Å². The summed E-state index contributed by atoms with van der Waals surface area (Å²) in [6, 6.07) is 15.7. The molecule has 0 aliphatic rings. The maximum Gasteiger partial charge on any atom is 0.328 e. The molecule has 0 fully saturated rings. The number of carbonyl (C=O) groups excluding carboxylic acids is 2. The van der Waals surface area contributed by atoms with Gasteiger partial charge in [0.1, 0.15) is 6.04 Å². The standard InChI is InChI=1S/C18H18ClNO3/c1-23-18(22)16(12-11-13-7-3-2-4-8-13)20-17(21)14-9-5-6-10-15(14)19/h2-10,16H,11-12H2,1H3,(H,20,21)/t16-/m0/s1. The average molecular weight is 332 g/mol. The van der Waals surface area contributed by atoms with Gasteiger partial charge in [-0.2, -0.15) is 0 Å². The Bertz CT molecular complexity index is 673. The van der Waals surface area contributed by atoms with Gasteiger partial charge in [-0.3, -0.25) is 4.79 Å². The van der Waals surface area contributed by atoms with Crippen LogP contribution in [0.2, 0.25) is 5.02 Å². The Morgan fingerprint density at radius 2 is 1.74 bits per heavy atom. The minimum absolute atomic E-state index is 0.336. The fraction of sp³-hybridized carbons (Fsp3) is 0.222. The summed E-state index contributed by atoms with van der Waals surface area (Å²) in [6.45, 7) is 0. The number of carbonyl (C=O) groups is 2. The lowest BCUT2D eigenvalue weighted by molar-refractivity contribution is -0.143. The minimum Gasteiger partial charge on any atom is -0.467 e. The van der Waals surface area contributed by atoms with Gasteiger partial charge in [-0.05, 0) is 30.5 Å². The summed E-state index contributed by atoms with van der Waals surface area (Å²) in [5, 5.41) is 3.04. The first kappa shape index (κ1) is 17.0. The van der Waals surface area contributed by atoms with E-state index in [2.05, 4.69) is 5.32 Å². The van der Waals surface area contributed by atoms with E-state index < -0.39 is 12.0 Å². The summed E-state index contributed by atoms with van der Waals surface area (Å²) < 4.78 is 4.78. The third-order valence-electron chi connectivity index (χ3n) is 3.47. The molecule has 0 unspecified atom stereocenters. The van der Waals surface area contributed by atoms with Crippen molar-refractivity contribution in [1.29, 1.82) is 0 Å². The summed E-state index contributed by atoms with van der Waals surface area (Å²) >= 11 is 6.01. The van der Waals surface area contributed by atoms with E-state index >= 15 is 0 Å². The van der Waals surface area contributed by atoms with E-state index in [1.54, 1.807) is 24.3 Å². The van der Waals surface area contributed by atoms with Gasteiger partial charge in [0.15, 0.2) is 0 Å². The van der Waals surface area contributed by atoms with Crippen LogP contribution in [0.5, 0.6) is 0 Å². The summed E-state index contributed by atoms with van der Waals surface area (Å²) in [4.78, 5) is 24.2. The number of halogens is 1. The first-order chi connectivity index (χ1) is 11.1. The monoisotopic (exact) mass is 331 g/mol. The maximum atomic E-state index is 12.3. The second-order valence-electron chi connectivity index (χ2n) is 5.05. The van der Waals surface area contributed by atoms with Crippen molar-refractivity contribution < 1.29 is 14.3 Å². The van der Waals surface area contributed by atoms with E-state index in [0.717, 1.165) is 5.56 Å². The van der Waals surface area contributed by atoms with Crippen LogP contribution < -0.4 is 5.32 Å². The molecule has 0 spiro atoms. The quantitative estimate of drug-likeness (QED) is 0.827. The van der Waals surface area contributed by atoms with Gasteiger partial charge in [-0.1, -0.05) is 54.1 Å². The number of aryl methyl sites for hydroxylation is 1. The van der Waals surface area contributed by atoms with Gasteiger partial charge >= 0.3 is 5.97 Å². The Morgan fingerprint density at radius 1 is 1.09 bits per heavy atom. The van der Waals surface area contributed by atoms with E-state index in [9.17, 15) is 9.59 Å². The Morgan fingerprint density at radius 3 is 2.39 bits per heavy atom. The number of amides is 1. The van der Waals surface area contributed by atoms with Crippen molar-refractivity contribution in [2.75, 3.05) is 7.11 Å². The SMILES string of the molecule is COC(=O)[C@H](CCc1ccccc1)NC(=O)c1ccccc1Cl. The van der Waals surface area contributed by atoms with Crippen molar-refractivity contribution in [2.45, 2.75) is 18.9 Å². The van der Waals surface area contributed by atoms with Crippen LogP contribution in [0.25, 0.3) is 0 Å². The zero-order valence-electron chi connectivity index (χ0n) is 12.8. The largest absolute Gasteiger partial charge is 0.467 e. The number of nitrogens with one attached hydrogen (secondary N) is 1. The predicted octanol–water partition coefficient (Wildman–Crippen LogP) is 3.24. The van der Waals surface area contributed by atoms with E-state index in [4.69, 9.17) is 16.3 Å². The second kappa shape index (κ2) is 8.34. The molecule has 1 atom stereocenters. The van der Waals surface area contributed by atoms with Crippen molar-refractivity contribution in [3.05, 3.63) is 70.7 Å². The highest BCUT2D eigenvalue weighted by atomic mass is 35.5. The minimum atomic E-state index is -0.719. The van der Waals surface area contributed by atoms with Crippen LogP contribution >= 0.6 is 11.6 Å². The molecule has 0 saturated carbocycles. The molecular weight excluding hydrogens is 314 g/mol. The molecule has 0 aromatic heterocycles. The molecule has 0 radical (unpaired) electrons. The lowest BCUT2D eigenvalue weighted by Crippen LogP contribution is -2.42. The molecule has 1 amide bonds. The van der Waals surface area contributed by atoms with Gasteiger partial charge in [-0.25, -0.2) is 4.79 Å². The van der Waals surface area contributed by atoms with Gasteiger partial charge in [0.2, 0.25) is 0 Å². The highest BCUT2D eigenvalue weighted by Gasteiger charge is 2.22. The number of rotatable bonds is 6. The molecule has 23 heavy (non-hydrogen) atoms. The smallest absolute Gasteiger partial charge is 0.328 e. The number of hydrogen-bond donors (Lipinski definition) is 1. The van der Waals surface area contributed by atoms with Crippen molar-refractivity contribution in [3.8, 4) is 0 Å². The van der Waals surface area contributed by atoms with Crippen LogP contribution in [-0.2, 0) is 16.0 Å². The molecule has 120 valence electrons. The van der Waals surface area contributed by atoms with Crippen LogP contribution in [0.1, 0.15) is 22.3 Å². The van der Waals surface area contributed by atoms with Gasteiger partial charge in [0, 0.05) is 0 Å². The molecule has 0 bridgehead atoms. The van der Waals surface area contributed by atoms with Crippen LogP contribution in [0.4, 0.5) is 0 Å². The highest BCUT2D eigenvalue weighted by Crippen LogP contribution is 2.15. The molecule has 2 rings (SSSR count). The third kappa shape index (κ3) is 4.83. The molecule has 0 saturated heterocycles. The lowest BCUT2D eigenvalue weighted by Gasteiger charge is -2.17. The third-order valence-corrected chi connectivity index (χ3v) is 3.80. The number of methoxy groups -OCH3 is 1. The Hall–Kier alpha value is -2.33. The zero-order valence-corrected chi connectivity index (χ0v) is 13.5. The van der Waals surface area contributed by atoms with Crippen LogP contribution in [0, 0.1) is 0 Å². The molecule has 0 heterocycles. The molecule has 1 N–H and O–H groups in total. The fourth-order valence-electron chi connectivity index (χ4n) is 2.23. The molecule has 2 aromatic rings. The number of benzene rings is 2. The molecule has 0 aliphatic carbocycles.